The largest absolute Gasteiger partial charge is 0.496 e. The predicted molar refractivity (Wildman–Crippen MR) is 78.2 cm³/mol. The smallest absolute Gasteiger partial charge is 0.166 e. The molecule has 0 spiro atoms. The van der Waals surface area contributed by atoms with Crippen LogP contribution in [0, 0.1) is 6.92 Å². The third kappa shape index (κ3) is 2.67. The van der Waals surface area contributed by atoms with Crippen LogP contribution in [0.3, 0.4) is 0 Å². The Morgan fingerprint density at radius 2 is 1.95 bits per heavy atom. The summed E-state index contributed by atoms with van der Waals surface area (Å²) < 4.78 is 5.32. The molecule has 0 unspecified atom stereocenters. The lowest BCUT2D eigenvalue weighted by Crippen LogP contribution is -2.01. The van der Waals surface area contributed by atoms with Gasteiger partial charge in [-0.1, -0.05) is 36.2 Å². The van der Waals surface area contributed by atoms with Gasteiger partial charge in [0.05, 0.1) is 17.7 Å². The van der Waals surface area contributed by atoms with E-state index in [0.717, 1.165) is 17.7 Å². The van der Waals surface area contributed by atoms with E-state index in [0.29, 0.717) is 27.3 Å². The van der Waals surface area contributed by atoms with Gasteiger partial charge in [0.25, 0.3) is 0 Å². The van der Waals surface area contributed by atoms with Crippen LogP contribution in [0.4, 0.5) is 0 Å². The van der Waals surface area contributed by atoms with E-state index in [1.165, 1.54) is 0 Å². The van der Waals surface area contributed by atoms with Crippen molar-refractivity contribution in [1.82, 2.24) is 9.97 Å². The summed E-state index contributed by atoms with van der Waals surface area (Å²) in [6.45, 7) is 3.94. The summed E-state index contributed by atoms with van der Waals surface area (Å²) in [5.74, 6) is 1.13. The van der Waals surface area contributed by atoms with E-state index in [4.69, 9.17) is 27.9 Å². The maximum absolute atomic E-state index is 6.23. The molecule has 1 heterocycles. The predicted octanol–water partition coefficient (Wildman–Crippen LogP) is 4.33. The van der Waals surface area contributed by atoms with Crippen LogP contribution in [-0.4, -0.2) is 17.1 Å². The second-order valence-electron chi connectivity index (χ2n) is 4.08. The standard InChI is InChI=1S/C14H14Cl2N2O/c1-4-10-8(2)13(16)18-14(17-10)12-9(15)6-5-7-11(12)19-3/h5-7H,4H2,1-3H3. The first-order valence-electron chi connectivity index (χ1n) is 5.94. The number of halogens is 2. The molecule has 1 aromatic carbocycles. The molecule has 0 aliphatic carbocycles. The number of hydrogen-bond acceptors (Lipinski definition) is 3. The molecule has 100 valence electrons. The van der Waals surface area contributed by atoms with Gasteiger partial charge in [0.2, 0.25) is 0 Å². The number of methoxy groups -OCH3 is 1. The van der Waals surface area contributed by atoms with Gasteiger partial charge in [0.1, 0.15) is 10.9 Å². The number of rotatable bonds is 3. The molecule has 0 aliphatic rings. The lowest BCUT2D eigenvalue weighted by Gasteiger charge is -2.12. The third-order valence-corrected chi connectivity index (χ3v) is 3.62. The summed E-state index contributed by atoms with van der Waals surface area (Å²) in [5.41, 5.74) is 2.49. The first-order valence-corrected chi connectivity index (χ1v) is 6.70. The second kappa shape index (κ2) is 5.76. The molecule has 2 aromatic rings. The Kier molecular flexibility index (Phi) is 4.27. The molecule has 0 N–H and O–H groups in total. The van der Waals surface area contributed by atoms with E-state index in [1.807, 2.05) is 26.0 Å². The van der Waals surface area contributed by atoms with Crippen LogP contribution in [0.25, 0.3) is 11.4 Å². The van der Waals surface area contributed by atoms with E-state index >= 15 is 0 Å². The van der Waals surface area contributed by atoms with Crippen molar-refractivity contribution in [1.29, 1.82) is 0 Å². The minimum atomic E-state index is 0.448. The molecule has 0 saturated heterocycles. The molecule has 0 saturated carbocycles. The van der Waals surface area contributed by atoms with Gasteiger partial charge in [0, 0.05) is 11.3 Å². The van der Waals surface area contributed by atoms with E-state index in [-0.39, 0.29) is 0 Å². The van der Waals surface area contributed by atoms with Crippen LogP contribution in [-0.2, 0) is 6.42 Å². The first-order chi connectivity index (χ1) is 9.08. The lowest BCUT2D eigenvalue weighted by molar-refractivity contribution is 0.416. The Morgan fingerprint density at radius 1 is 1.21 bits per heavy atom. The molecule has 0 aliphatic heterocycles. The lowest BCUT2D eigenvalue weighted by atomic mass is 10.1. The molecule has 19 heavy (non-hydrogen) atoms. The molecular weight excluding hydrogens is 283 g/mol. The SMILES string of the molecule is CCc1nc(-c2c(Cl)cccc2OC)nc(Cl)c1C. The number of aromatic nitrogens is 2. The van der Waals surface area contributed by atoms with E-state index in [1.54, 1.807) is 13.2 Å². The average molecular weight is 297 g/mol. The van der Waals surface area contributed by atoms with Crippen LogP contribution in [0.15, 0.2) is 18.2 Å². The van der Waals surface area contributed by atoms with Gasteiger partial charge in [-0.15, -0.1) is 0 Å². The van der Waals surface area contributed by atoms with E-state index < -0.39 is 0 Å². The molecule has 0 bridgehead atoms. The molecule has 0 amide bonds. The fourth-order valence-corrected chi connectivity index (χ4v) is 2.32. The van der Waals surface area contributed by atoms with Crippen molar-refractivity contribution in [3.8, 4) is 17.1 Å². The molecule has 0 fully saturated rings. The number of benzene rings is 1. The minimum absolute atomic E-state index is 0.448. The van der Waals surface area contributed by atoms with Gasteiger partial charge in [0.15, 0.2) is 5.82 Å². The summed E-state index contributed by atoms with van der Waals surface area (Å²) in [7, 11) is 1.59. The third-order valence-electron chi connectivity index (χ3n) is 2.94. The highest BCUT2D eigenvalue weighted by atomic mass is 35.5. The zero-order valence-electron chi connectivity index (χ0n) is 11.0. The Morgan fingerprint density at radius 3 is 2.58 bits per heavy atom. The Bertz CT molecular complexity index is 615. The van der Waals surface area contributed by atoms with Crippen molar-refractivity contribution in [2.45, 2.75) is 20.3 Å². The van der Waals surface area contributed by atoms with Crippen molar-refractivity contribution >= 4 is 23.2 Å². The first kappa shape index (κ1) is 14.1. The van der Waals surface area contributed by atoms with Gasteiger partial charge in [-0.25, -0.2) is 9.97 Å². The molecule has 5 heteroatoms. The number of aryl methyl sites for hydroxylation is 1. The topological polar surface area (TPSA) is 35.0 Å². The summed E-state index contributed by atoms with van der Waals surface area (Å²) in [6.07, 6.45) is 0.786. The summed E-state index contributed by atoms with van der Waals surface area (Å²) in [5, 5.41) is 0.991. The van der Waals surface area contributed by atoms with Crippen molar-refractivity contribution in [2.75, 3.05) is 7.11 Å². The van der Waals surface area contributed by atoms with E-state index in [9.17, 15) is 0 Å². The number of nitrogens with zero attached hydrogens (tertiary/aromatic N) is 2. The fourth-order valence-electron chi connectivity index (χ4n) is 1.88. The van der Waals surface area contributed by atoms with Crippen molar-refractivity contribution < 1.29 is 4.74 Å². The molecular formula is C14H14Cl2N2O. The normalized spacial score (nSPS) is 10.6. The van der Waals surface area contributed by atoms with Crippen molar-refractivity contribution in [3.63, 3.8) is 0 Å². The number of hydrogen-bond donors (Lipinski definition) is 0. The van der Waals surface area contributed by atoms with Crippen LogP contribution in [0.5, 0.6) is 5.75 Å². The summed E-state index contributed by atoms with van der Waals surface area (Å²) >= 11 is 12.4. The molecule has 0 radical (unpaired) electrons. The Hall–Kier alpha value is -1.32. The molecule has 1 aromatic heterocycles. The average Bonchev–Trinajstić information content (AvgIpc) is 2.41. The van der Waals surface area contributed by atoms with Gasteiger partial charge in [-0.3, -0.25) is 0 Å². The molecule has 0 atom stereocenters. The van der Waals surface area contributed by atoms with Crippen LogP contribution in [0.1, 0.15) is 18.2 Å². The molecule has 2 rings (SSSR count). The Labute approximate surface area is 122 Å². The zero-order chi connectivity index (χ0) is 14.0. The van der Waals surface area contributed by atoms with Crippen molar-refractivity contribution in [2.24, 2.45) is 0 Å². The monoisotopic (exact) mass is 296 g/mol. The minimum Gasteiger partial charge on any atom is -0.496 e. The highest BCUT2D eigenvalue weighted by Crippen LogP contribution is 2.35. The maximum atomic E-state index is 6.23. The number of ether oxygens (including phenoxy) is 1. The van der Waals surface area contributed by atoms with Gasteiger partial charge in [-0.05, 0) is 25.5 Å². The fraction of sp³-hybridized carbons (Fsp3) is 0.286. The molecule has 3 nitrogen and oxygen atoms in total. The zero-order valence-corrected chi connectivity index (χ0v) is 12.5. The maximum Gasteiger partial charge on any atom is 0.166 e. The highest BCUT2D eigenvalue weighted by molar-refractivity contribution is 6.33. The quantitative estimate of drug-likeness (QED) is 0.791. The van der Waals surface area contributed by atoms with Gasteiger partial charge < -0.3 is 4.74 Å². The van der Waals surface area contributed by atoms with E-state index in [2.05, 4.69) is 9.97 Å². The van der Waals surface area contributed by atoms with Crippen LogP contribution in [0.2, 0.25) is 10.2 Å². The Balaban J connectivity index is 2.69. The van der Waals surface area contributed by atoms with Crippen LogP contribution >= 0.6 is 23.2 Å². The van der Waals surface area contributed by atoms with Crippen LogP contribution < -0.4 is 4.74 Å². The van der Waals surface area contributed by atoms with Crippen molar-refractivity contribution in [3.05, 3.63) is 39.6 Å². The highest BCUT2D eigenvalue weighted by Gasteiger charge is 2.16. The summed E-state index contributed by atoms with van der Waals surface area (Å²) in [6, 6.07) is 5.42. The summed E-state index contributed by atoms with van der Waals surface area (Å²) in [4.78, 5) is 8.84. The van der Waals surface area contributed by atoms with Gasteiger partial charge in [-0.2, -0.15) is 0 Å². The van der Waals surface area contributed by atoms with Gasteiger partial charge >= 0.3 is 0 Å². The second-order valence-corrected chi connectivity index (χ2v) is 4.85.